The Morgan fingerprint density at radius 3 is 2.67 bits per heavy atom. The first-order chi connectivity index (χ1) is 8.61. The summed E-state index contributed by atoms with van der Waals surface area (Å²) in [7, 11) is 0. The van der Waals surface area contributed by atoms with Crippen LogP contribution in [0.5, 0.6) is 11.6 Å². The van der Waals surface area contributed by atoms with Gasteiger partial charge in [-0.1, -0.05) is 6.07 Å². The van der Waals surface area contributed by atoms with Gasteiger partial charge in [0.15, 0.2) is 5.82 Å². The molecule has 0 saturated carbocycles. The standard InChI is InChI=1S/C12H13BrN4O/c1-7-3-4-9(5-8(7)2)18-12-10(13)11(17-14)15-6-16-12/h3-6H,14H2,1-2H3,(H,15,16,17). The highest BCUT2D eigenvalue weighted by Gasteiger charge is 2.10. The molecule has 2 rings (SSSR count). The Balaban J connectivity index is 2.31. The van der Waals surface area contributed by atoms with Crippen LogP contribution in [0.4, 0.5) is 5.82 Å². The summed E-state index contributed by atoms with van der Waals surface area (Å²) in [6, 6.07) is 5.85. The van der Waals surface area contributed by atoms with Crippen molar-refractivity contribution in [3.63, 3.8) is 0 Å². The summed E-state index contributed by atoms with van der Waals surface area (Å²) in [6.07, 6.45) is 1.39. The van der Waals surface area contributed by atoms with E-state index in [-0.39, 0.29) is 0 Å². The van der Waals surface area contributed by atoms with Crippen LogP contribution in [-0.4, -0.2) is 9.97 Å². The number of benzene rings is 1. The zero-order valence-electron chi connectivity index (χ0n) is 10.1. The van der Waals surface area contributed by atoms with Crippen LogP contribution in [0.3, 0.4) is 0 Å². The molecule has 18 heavy (non-hydrogen) atoms. The maximum atomic E-state index is 5.69. The first-order valence-corrected chi connectivity index (χ1v) is 6.13. The van der Waals surface area contributed by atoms with Gasteiger partial charge in [-0.3, -0.25) is 0 Å². The van der Waals surface area contributed by atoms with E-state index in [9.17, 15) is 0 Å². The highest BCUT2D eigenvalue weighted by atomic mass is 79.9. The minimum absolute atomic E-state index is 0.418. The highest BCUT2D eigenvalue weighted by Crippen LogP contribution is 2.31. The van der Waals surface area contributed by atoms with E-state index in [1.807, 2.05) is 25.1 Å². The average Bonchev–Trinajstić information content (AvgIpc) is 2.36. The van der Waals surface area contributed by atoms with Crippen molar-refractivity contribution in [1.29, 1.82) is 0 Å². The molecule has 3 N–H and O–H groups in total. The van der Waals surface area contributed by atoms with Crippen molar-refractivity contribution >= 4 is 21.7 Å². The Bertz CT molecular complexity index is 574. The van der Waals surface area contributed by atoms with Gasteiger partial charge in [0.05, 0.1) is 0 Å². The molecule has 0 bridgehead atoms. The minimum Gasteiger partial charge on any atom is -0.438 e. The number of nitrogens with zero attached hydrogens (tertiary/aromatic N) is 2. The average molecular weight is 309 g/mol. The Kier molecular flexibility index (Phi) is 3.78. The number of halogens is 1. The molecule has 0 atom stereocenters. The van der Waals surface area contributed by atoms with E-state index in [0.717, 1.165) is 11.3 Å². The van der Waals surface area contributed by atoms with Crippen molar-refractivity contribution < 1.29 is 4.74 Å². The van der Waals surface area contributed by atoms with Gasteiger partial charge in [0.25, 0.3) is 0 Å². The second-order valence-electron chi connectivity index (χ2n) is 3.83. The number of nitrogens with two attached hydrogens (primary N) is 1. The number of hydrogen-bond donors (Lipinski definition) is 2. The largest absolute Gasteiger partial charge is 0.438 e. The molecule has 0 unspecified atom stereocenters. The molecule has 0 radical (unpaired) electrons. The monoisotopic (exact) mass is 308 g/mol. The van der Waals surface area contributed by atoms with E-state index >= 15 is 0 Å². The Labute approximate surface area is 113 Å². The number of rotatable bonds is 3. The summed E-state index contributed by atoms with van der Waals surface area (Å²) >= 11 is 3.34. The summed E-state index contributed by atoms with van der Waals surface area (Å²) in [4.78, 5) is 8.02. The van der Waals surface area contributed by atoms with Gasteiger partial charge in [-0.25, -0.2) is 15.8 Å². The van der Waals surface area contributed by atoms with Gasteiger partial charge in [0, 0.05) is 0 Å². The lowest BCUT2D eigenvalue weighted by atomic mass is 10.1. The quantitative estimate of drug-likeness (QED) is 0.673. The maximum absolute atomic E-state index is 5.69. The van der Waals surface area contributed by atoms with E-state index in [1.54, 1.807) is 0 Å². The zero-order chi connectivity index (χ0) is 13.1. The van der Waals surface area contributed by atoms with E-state index in [4.69, 9.17) is 10.6 Å². The number of aromatic nitrogens is 2. The molecule has 0 aliphatic heterocycles. The first-order valence-electron chi connectivity index (χ1n) is 5.34. The molecule has 0 fully saturated rings. The van der Waals surface area contributed by atoms with Crippen molar-refractivity contribution in [2.24, 2.45) is 5.84 Å². The van der Waals surface area contributed by atoms with Gasteiger partial charge in [-0.15, -0.1) is 0 Å². The van der Waals surface area contributed by atoms with Crippen LogP contribution < -0.4 is 16.0 Å². The number of anilines is 1. The van der Waals surface area contributed by atoms with Crippen molar-refractivity contribution in [1.82, 2.24) is 9.97 Å². The van der Waals surface area contributed by atoms with Gasteiger partial charge in [-0.2, -0.15) is 0 Å². The van der Waals surface area contributed by atoms with Crippen molar-refractivity contribution in [3.05, 3.63) is 40.1 Å². The molecule has 1 heterocycles. The fraction of sp³-hybridized carbons (Fsp3) is 0.167. The summed E-state index contributed by atoms with van der Waals surface area (Å²) < 4.78 is 6.28. The Morgan fingerprint density at radius 2 is 2.00 bits per heavy atom. The molecule has 1 aromatic carbocycles. The molecule has 0 aliphatic rings. The van der Waals surface area contributed by atoms with E-state index in [2.05, 4.69) is 38.2 Å². The Hall–Kier alpha value is -1.66. The molecule has 0 saturated heterocycles. The van der Waals surface area contributed by atoms with Crippen molar-refractivity contribution in [2.45, 2.75) is 13.8 Å². The number of hydrazine groups is 1. The topological polar surface area (TPSA) is 73.1 Å². The fourth-order valence-electron chi connectivity index (χ4n) is 1.41. The Morgan fingerprint density at radius 1 is 1.22 bits per heavy atom. The van der Waals surface area contributed by atoms with Crippen molar-refractivity contribution in [3.8, 4) is 11.6 Å². The van der Waals surface area contributed by atoms with Crippen molar-refractivity contribution in [2.75, 3.05) is 5.43 Å². The molecule has 0 amide bonds. The van der Waals surface area contributed by atoms with E-state index in [0.29, 0.717) is 16.2 Å². The smallest absolute Gasteiger partial charge is 0.238 e. The second kappa shape index (κ2) is 5.32. The predicted molar refractivity (Wildman–Crippen MR) is 73.5 cm³/mol. The molecule has 1 aromatic heterocycles. The van der Waals surface area contributed by atoms with Crippen LogP contribution in [-0.2, 0) is 0 Å². The first kappa shape index (κ1) is 12.8. The third-order valence-corrected chi connectivity index (χ3v) is 3.30. The van der Waals surface area contributed by atoms with Crippen LogP contribution in [0.2, 0.25) is 0 Å². The minimum atomic E-state index is 0.418. The predicted octanol–water partition coefficient (Wildman–Crippen LogP) is 2.93. The maximum Gasteiger partial charge on any atom is 0.238 e. The lowest BCUT2D eigenvalue weighted by Gasteiger charge is -2.10. The van der Waals surface area contributed by atoms with E-state index in [1.165, 1.54) is 11.9 Å². The third-order valence-electron chi connectivity index (χ3n) is 2.59. The molecular weight excluding hydrogens is 296 g/mol. The molecule has 2 aromatic rings. The SMILES string of the molecule is Cc1ccc(Oc2ncnc(NN)c2Br)cc1C. The summed E-state index contributed by atoms with van der Waals surface area (Å²) in [6.45, 7) is 4.08. The van der Waals surface area contributed by atoms with Gasteiger partial charge in [-0.05, 0) is 53.0 Å². The van der Waals surface area contributed by atoms with Gasteiger partial charge in [0.2, 0.25) is 5.88 Å². The van der Waals surface area contributed by atoms with Gasteiger partial charge >= 0.3 is 0 Å². The highest BCUT2D eigenvalue weighted by molar-refractivity contribution is 9.10. The molecule has 6 heteroatoms. The lowest BCUT2D eigenvalue weighted by Crippen LogP contribution is -2.09. The molecule has 0 spiro atoms. The van der Waals surface area contributed by atoms with Crippen LogP contribution in [0.25, 0.3) is 0 Å². The third kappa shape index (κ3) is 2.60. The fourth-order valence-corrected chi connectivity index (χ4v) is 1.81. The normalized spacial score (nSPS) is 10.2. The van der Waals surface area contributed by atoms with E-state index < -0.39 is 0 Å². The number of hydrogen-bond acceptors (Lipinski definition) is 5. The van der Waals surface area contributed by atoms with Crippen LogP contribution in [0.15, 0.2) is 29.0 Å². The lowest BCUT2D eigenvalue weighted by molar-refractivity contribution is 0.458. The number of nitrogen functional groups attached to an aromatic ring is 1. The molecular formula is C12H13BrN4O. The van der Waals surface area contributed by atoms with Crippen LogP contribution in [0, 0.1) is 13.8 Å². The van der Waals surface area contributed by atoms with Crippen LogP contribution >= 0.6 is 15.9 Å². The summed E-state index contributed by atoms with van der Waals surface area (Å²) in [5.74, 6) is 6.95. The van der Waals surface area contributed by atoms with Crippen LogP contribution in [0.1, 0.15) is 11.1 Å². The van der Waals surface area contributed by atoms with Gasteiger partial charge < -0.3 is 10.2 Å². The number of aryl methyl sites for hydroxylation is 2. The number of ether oxygens (including phenoxy) is 1. The molecule has 0 aliphatic carbocycles. The summed E-state index contributed by atoms with van der Waals surface area (Å²) in [5.41, 5.74) is 4.84. The summed E-state index contributed by atoms with van der Waals surface area (Å²) in [5, 5.41) is 0. The molecule has 5 nitrogen and oxygen atoms in total. The van der Waals surface area contributed by atoms with Gasteiger partial charge in [0.1, 0.15) is 16.5 Å². The number of nitrogens with one attached hydrogen (secondary N) is 1. The molecule has 94 valence electrons. The zero-order valence-corrected chi connectivity index (χ0v) is 11.7. The second-order valence-corrected chi connectivity index (χ2v) is 4.63.